The number of allylic oxidation sites excluding steroid dienone is 12. The van der Waals surface area contributed by atoms with E-state index in [2.05, 4.69) is 74.6 Å². The van der Waals surface area contributed by atoms with Crippen molar-refractivity contribution in [1.82, 2.24) is 0 Å². The van der Waals surface area contributed by atoms with Gasteiger partial charge in [0.15, 0.2) is 6.10 Å². The molecular weight excluding hydrogens is 779 g/mol. The van der Waals surface area contributed by atoms with E-state index < -0.39 is 75.7 Å². The summed E-state index contributed by atoms with van der Waals surface area (Å²) in [4.78, 5) is 35.6. The Morgan fingerprint density at radius 3 is 1.54 bits per heavy atom. The SMILES string of the molecule is CC/C=C\C/C=C\C/C=C\C/C=C\C/C=C\CCCC(=O)OC(COC(=O)CCCCCCC/C=C\CCCCCC)COP(=O)(O)OC1C(O)C(O)C(O)C(O)C1O. The number of carbonyl (C=O) groups excluding carboxylic acids is 2. The van der Waals surface area contributed by atoms with Gasteiger partial charge in [0.2, 0.25) is 0 Å². The minimum atomic E-state index is -5.14. The van der Waals surface area contributed by atoms with Crippen molar-refractivity contribution in [2.45, 2.75) is 185 Å². The average molecular weight is 855 g/mol. The van der Waals surface area contributed by atoms with Crippen molar-refractivity contribution in [3.8, 4) is 0 Å². The Kier molecular flexibility index (Phi) is 32.2. The molecule has 0 bridgehead atoms. The first-order valence-electron chi connectivity index (χ1n) is 21.7. The number of aliphatic hydroxyl groups is 5. The van der Waals surface area contributed by atoms with E-state index >= 15 is 0 Å². The third-order valence-electron chi connectivity index (χ3n) is 9.53. The highest BCUT2D eigenvalue weighted by molar-refractivity contribution is 7.47. The molecule has 0 aromatic carbocycles. The van der Waals surface area contributed by atoms with Crippen LogP contribution in [0.15, 0.2) is 72.9 Å². The Balaban J connectivity index is 2.55. The molecule has 59 heavy (non-hydrogen) atoms. The summed E-state index contributed by atoms with van der Waals surface area (Å²) in [6.45, 7) is 3.09. The predicted molar refractivity (Wildman–Crippen MR) is 230 cm³/mol. The fourth-order valence-electron chi connectivity index (χ4n) is 6.02. The smallest absolute Gasteiger partial charge is 0.462 e. The van der Waals surface area contributed by atoms with Crippen LogP contribution in [0.5, 0.6) is 0 Å². The van der Waals surface area contributed by atoms with Crippen molar-refractivity contribution < 1.29 is 63.1 Å². The van der Waals surface area contributed by atoms with Crippen LogP contribution in [0.1, 0.15) is 142 Å². The lowest BCUT2D eigenvalue weighted by atomic mass is 9.85. The molecule has 0 spiro atoms. The highest BCUT2D eigenvalue weighted by Gasteiger charge is 2.51. The summed E-state index contributed by atoms with van der Waals surface area (Å²) in [6.07, 6.45) is 29.7. The van der Waals surface area contributed by atoms with Crippen LogP contribution in [0.25, 0.3) is 0 Å². The zero-order valence-corrected chi connectivity index (χ0v) is 36.4. The number of unbranched alkanes of at least 4 members (excludes halogenated alkanes) is 10. The lowest BCUT2D eigenvalue weighted by Crippen LogP contribution is -2.64. The third-order valence-corrected chi connectivity index (χ3v) is 10.5. The number of hydrogen-bond donors (Lipinski definition) is 6. The van der Waals surface area contributed by atoms with Crippen LogP contribution in [0, 0.1) is 0 Å². The van der Waals surface area contributed by atoms with Crippen LogP contribution in [0.2, 0.25) is 0 Å². The summed E-state index contributed by atoms with van der Waals surface area (Å²) in [5.74, 6) is -1.19. The van der Waals surface area contributed by atoms with Gasteiger partial charge in [-0.2, -0.15) is 0 Å². The van der Waals surface area contributed by atoms with Crippen molar-refractivity contribution >= 4 is 19.8 Å². The zero-order chi connectivity index (χ0) is 43.6. The fraction of sp³-hybridized carbons (Fsp3) is 0.689. The standard InChI is InChI=1S/C45H75O13P/c1-3-5-7-9-11-13-15-17-18-19-20-22-24-26-28-30-32-34-39(47)57-37(36-56-59(53,54)58-45-43(51)41(49)40(48)42(50)44(45)52)35-55-38(46)33-31-29-27-25-23-21-16-14-12-10-8-6-4-2/h5,7,11,13-14,16-18,20,22,26,28,37,40-45,48-52H,3-4,6,8-10,12,15,19,21,23-25,27,29-36H2,1-2H3,(H,53,54)/b7-5-,13-11-,16-14-,18-17-,22-20-,28-26-. The lowest BCUT2D eigenvalue weighted by molar-refractivity contribution is -0.220. The van der Waals surface area contributed by atoms with E-state index in [1.807, 2.05) is 12.2 Å². The highest BCUT2D eigenvalue weighted by Crippen LogP contribution is 2.47. The second-order valence-electron chi connectivity index (χ2n) is 14.8. The molecule has 0 aliphatic heterocycles. The summed E-state index contributed by atoms with van der Waals surface area (Å²) in [6, 6.07) is 0. The number of phosphoric acid groups is 1. The number of carbonyl (C=O) groups is 2. The number of esters is 2. The number of ether oxygens (including phenoxy) is 2. The molecule has 0 saturated heterocycles. The van der Waals surface area contributed by atoms with Crippen molar-refractivity contribution in [3.05, 3.63) is 72.9 Å². The van der Waals surface area contributed by atoms with E-state index in [0.29, 0.717) is 19.3 Å². The first kappa shape index (κ1) is 54.3. The van der Waals surface area contributed by atoms with E-state index in [-0.39, 0.29) is 12.8 Å². The van der Waals surface area contributed by atoms with Gasteiger partial charge in [-0.25, -0.2) is 4.57 Å². The molecule has 1 aliphatic carbocycles. The van der Waals surface area contributed by atoms with E-state index in [0.717, 1.165) is 70.6 Å². The summed E-state index contributed by atoms with van der Waals surface area (Å²) < 4.78 is 33.4. The Morgan fingerprint density at radius 1 is 0.542 bits per heavy atom. The van der Waals surface area contributed by atoms with Crippen LogP contribution in [-0.4, -0.2) is 98.3 Å². The molecule has 6 unspecified atom stereocenters. The van der Waals surface area contributed by atoms with Gasteiger partial charge in [0.1, 0.15) is 43.2 Å². The fourth-order valence-corrected chi connectivity index (χ4v) is 6.99. The van der Waals surface area contributed by atoms with Gasteiger partial charge in [-0.05, 0) is 77.0 Å². The molecule has 0 heterocycles. The maximum absolute atomic E-state index is 12.8. The van der Waals surface area contributed by atoms with E-state index in [1.165, 1.54) is 25.7 Å². The predicted octanol–water partition coefficient (Wildman–Crippen LogP) is 7.94. The maximum Gasteiger partial charge on any atom is 0.472 e. The Labute approximate surface area is 353 Å². The van der Waals surface area contributed by atoms with Crippen molar-refractivity contribution in [3.63, 3.8) is 0 Å². The van der Waals surface area contributed by atoms with Crippen LogP contribution >= 0.6 is 7.82 Å². The number of rotatable bonds is 34. The van der Waals surface area contributed by atoms with Gasteiger partial charge in [0, 0.05) is 12.8 Å². The Morgan fingerprint density at radius 2 is 0.983 bits per heavy atom. The molecule has 1 aliphatic rings. The normalized spacial score (nSPS) is 23.1. The summed E-state index contributed by atoms with van der Waals surface area (Å²) in [5.41, 5.74) is 0. The molecule has 0 radical (unpaired) electrons. The molecule has 1 rings (SSSR count). The minimum absolute atomic E-state index is 0.0132. The summed E-state index contributed by atoms with van der Waals surface area (Å²) in [7, 11) is -5.14. The van der Waals surface area contributed by atoms with Gasteiger partial charge < -0.3 is 39.9 Å². The van der Waals surface area contributed by atoms with E-state index in [4.69, 9.17) is 18.5 Å². The van der Waals surface area contributed by atoms with Gasteiger partial charge in [-0.3, -0.25) is 18.6 Å². The number of hydrogen-bond acceptors (Lipinski definition) is 12. The molecule has 1 fully saturated rings. The molecular formula is C45H75O13P. The monoisotopic (exact) mass is 854 g/mol. The zero-order valence-electron chi connectivity index (χ0n) is 35.5. The van der Waals surface area contributed by atoms with Gasteiger partial charge in [0.05, 0.1) is 6.61 Å². The topological polar surface area (TPSA) is 210 Å². The largest absolute Gasteiger partial charge is 0.472 e. The first-order valence-corrected chi connectivity index (χ1v) is 23.2. The van der Waals surface area contributed by atoms with Crippen LogP contribution in [0.4, 0.5) is 0 Å². The van der Waals surface area contributed by atoms with Crippen LogP contribution in [-0.2, 0) is 32.7 Å². The number of phosphoric ester groups is 1. The van der Waals surface area contributed by atoms with E-state index in [9.17, 15) is 44.6 Å². The minimum Gasteiger partial charge on any atom is -0.462 e. The van der Waals surface area contributed by atoms with Gasteiger partial charge >= 0.3 is 19.8 Å². The van der Waals surface area contributed by atoms with E-state index in [1.54, 1.807) is 0 Å². The molecule has 338 valence electrons. The van der Waals surface area contributed by atoms with Crippen molar-refractivity contribution in [1.29, 1.82) is 0 Å². The van der Waals surface area contributed by atoms with Crippen molar-refractivity contribution in [2.75, 3.05) is 13.2 Å². The second kappa shape index (κ2) is 34.9. The quantitative estimate of drug-likeness (QED) is 0.0157. The second-order valence-corrected chi connectivity index (χ2v) is 16.2. The summed E-state index contributed by atoms with van der Waals surface area (Å²) >= 11 is 0. The third kappa shape index (κ3) is 27.7. The maximum atomic E-state index is 12.8. The van der Waals surface area contributed by atoms with Gasteiger partial charge in [-0.15, -0.1) is 0 Å². The van der Waals surface area contributed by atoms with Gasteiger partial charge in [-0.1, -0.05) is 125 Å². The molecule has 14 heteroatoms. The molecule has 13 nitrogen and oxygen atoms in total. The Bertz CT molecular complexity index is 1310. The van der Waals surface area contributed by atoms with Crippen molar-refractivity contribution in [2.24, 2.45) is 0 Å². The number of aliphatic hydroxyl groups excluding tert-OH is 5. The van der Waals surface area contributed by atoms with Crippen LogP contribution < -0.4 is 0 Å². The van der Waals surface area contributed by atoms with Crippen LogP contribution in [0.3, 0.4) is 0 Å². The molecule has 1 saturated carbocycles. The molecule has 0 amide bonds. The Hall–Kier alpha value is -2.71. The molecule has 0 aromatic heterocycles. The molecule has 6 N–H and O–H groups in total. The lowest BCUT2D eigenvalue weighted by Gasteiger charge is -2.41. The molecule has 0 aromatic rings. The summed E-state index contributed by atoms with van der Waals surface area (Å²) in [5, 5.41) is 50.1. The average Bonchev–Trinajstić information content (AvgIpc) is 3.21. The first-order chi connectivity index (χ1) is 28.4. The highest BCUT2D eigenvalue weighted by atomic mass is 31.2. The molecule has 6 atom stereocenters. The van der Waals surface area contributed by atoms with Gasteiger partial charge in [0.25, 0.3) is 0 Å².